The van der Waals surface area contributed by atoms with Crippen LogP contribution in [0.5, 0.6) is 5.75 Å². The van der Waals surface area contributed by atoms with Crippen LogP contribution in [-0.2, 0) is 0 Å². The van der Waals surface area contributed by atoms with Gasteiger partial charge in [0.25, 0.3) is 5.91 Å². The van der Waals surface area contributed by atoms with E-state index in [2.05, 4.69) is 47.8 Å². The Balaban J connectivity index is 1.77. The number of hydrogen-bond donors (Lipinski definition) is 0. The summed E-state index contributed by atoms with van der Waals surface area (Å²) >= 11 is 11.9. The number of benzene rings is 2. The monoisotopic (exact) mass is 601 g/mol. The molecule has 9 heteroatoms. The molecule has 0 N–H and O–H groups in total. The molecule has 1 atom stereocenters. The summed E-state index contributed by atoms with van der Waals surface area (Å²) in [6, 6.07) is 10.9. The van der Waals surface area contributed by atoms with E-state index in [9.17, 15) is 9.59 Å². The fraction of sp³-hybridized carbons (Fsp3) is 0.200. The van der Waals surface area contributed by atoms with Crippen molar-refractivity contribution in [1.82, 2.24) is 4.90 Å². The lowest BCUT2D eigenvalue weighted by atomic mass is 10.1. The Morgan fingerprint density at radius 2 is 1.97 bits per heavy atom. The van der Waals surface area contributed by atoms with Gasteiger partial charge < -0.3 is 14.1 Å². The van der Waals surface area contributed by atoms with E-state index in [1.54, 1.807) is 35.9 Å². The van der Waals surface area contributed by atoms with E-state index in [1.807, 2.05) is 24.3 Å². The molecule has 2 heterocycles. The number of halogens is 3. The summed E-state index contributed by atoms with van der Waals surface area (Å²) in [7, 11) is 1.60. The van der Waals surface area contributed by atoms with E-state index in [0.717, 1.165) is 20.3 Å². The van der Waals surface area contributed by atoms with Crippen LogP contribution in [0.1, 0.15) is 21.3 Å². The van der Waals surface area contributed by atoms with Crippen LogP contribution in [0.4, 0.5) is 0 Å². The lowest BCUT2D eigenvalue weighted by Gasteiger charge is -2.25. The van der Waals surface area contributed by atoms with Crippen molar-refractivity contribution < 1.29 is 13.9 Å². The number of ether oxygens (including phenoxy) is 1. The molecule has 5 nitrogen and oxygen atoms in total. The van der Waals surface area contributed by atoms with Crippen molar-refractivity contribution in [2.75, 3.05) is 19.4 Å². The van der Waals surface area contributed by atoms with Crippen molar-refractivity contribution in [3.8, 4) is 5.75 Å². The highest BCUT2D eigenvalue weighted by atomic mass is 79.9. The quantitative estimate of drug-likeness (QED) is 0.345. The first-order valence-corrected chi connectivity index (χ1v) is 12.0. The second-order valence-corrected chi connectivity index (χ2v) is 10.2. The van der Waals surface area contributed by atoms with Crippen molar-refractivity contribution in [2.45, 2.75) is 5.37 Å². The largest absolute Gasteiger partial charge is 0.496 e. The van der Waals surface area contributed by atoms with Gasteiger partial charge in [-0.3, -0.25) is 4.79 Å². The highest BCUT2D eigenvalue weighted by molar-refractivity contribution is 9.11. The van der Waals surface area contributed by atoms with Gasteiger partial charge in [0, 0.05) is 32.2 Å². The first-order chi connectivity index (χ1) is 13.9. The minimum Gasteiger partial charge on any atom is -0.496 e. The number of thioether (sulfide) groups is 1. The van der Waals surface area contributed by atoms with Gasteiger partial charge >= 0.3 is 5.63 Å². The number of amides is 1. The Morgan fingerprint density at radius 1 is 1.17 bits per heavy atom. The van der Waals surface area contributed by atoms with Gasteiger partial charge in [-0.05, 0) is 52.3 Å². The number of fused-ring (bicyclic) bond motifs is 1. The molecule has 0 bridgehead atoms. The molecule has 3 aromatic rings. The van der Waals surface area contributed by atoms with Crippen molar-refractivity contribution in [2.24, 2.45) is 0 Å². The molecular weight excluding hydrogens is 590 g/mol. The number of carbonyl (C=O) groups excluding carboxylic acids is 1. The van der Waals surface area contributed by atoms with E-state index >= 15 is 0 Å². The van der Waals surface area contributed by atoms with Crippen molar-refractivity contribution in [1.29, 1.82) is 0 Å². The molecule has 0 unspecified atom stereocenters. The summed E-state index contributed by atoms with van der Waals surface area (Å²) in [6.07, 6.45) is 0. The Morgan fingerprint density at radius 3 is 2.72 bits per heavy atom. The second-order valence-electron chi connectivity index (χ2n) is 6.36. The number of rotatable bonds is 3. The third-order valence-electron chi connectivity index (χ3n) is 4.59. The summed E-state index contributed by atoms with van der Waals surface area (Å²) in [6.45, 7) is 0.531. The Hall–Kier alpha value is -1.29. The molecule has 0 spiro atoms. The standard InChI is InChI=1S/C20H14Br3NO4S/c1-27-16-3-2-11(21)8-13(16)19-24(4-5-29-19)18(25)14-7-10-6-12(22)9-15(23)17(10)28-20(14)26/h2-3,6-9,19H,4-5H2,1H3/t19-/m0/s1. The molecule has 1 fully saturated rings. The van der Waals surface area contributed by atoms with E-state index in [1.165, 1.54) is 0 Å². The van der Waals surface area contributed by atoms with Crippen LogP contribution in [0.2, 0.25) is 0 Å². The fourth-order valence-corrected chi connectivity index (χ4v) is 6.28. The van der Waals surface area contributed by atoms with Gasteiger partial charge in [0.15, 0.2) is 5.58 Å². The second kappa shape index (κ2) is 8.45. The minimum atomic E-state index is -0.651. The number of methoxy groups -OCH3 is 1. The molecule has 150 valence electrons. The van der Waals surface area contributed by atoms with E-state index < -0.39 is 5.63 Å². The Labute approximate surface area is 196 Å². The summed E-state index contributed by atoms with van der Waals surface area (Å²) in [5, 5.41) is 0.414. The minimum absolute atomic E-state index is 0.0176. The maximum atomic E-state index is 13.3. The zero-order chi connectivity index (χ0) is 20.7. The van der Waals surface area contributed by atoms with Crippen LogP contribution < -0.4 is 10.4 Å². The number of nitrogens with zero attached hydrogens (tertiary/aromatic N) is 1. The molecule has 2 aromatic carbocycles. The van der Waals surface area contributed by atoms with E-state index in [0.29, 0.717) is 27.7 Å². The van der Waals surface area contributed by atoms with Gasteiger partial charge in [0.05, 0.1) is 11.6 Å². The lowest BCUT2D eigenvalue weighted by molar-refractivity contribution is 0.0755. The predicted molar refractivity (Wildman–Crippen MR) is 125 cm³/mol. The van der Waals surface area contributed by atoms with Crippen LogP contribution in [0.3, 0.4) is 0 Å². The van der Waals surface area contributed by atoms with E-state index in [-0.39, 0.29) is 16.8 Å². The summed E-state index contributed by atoms with van der Waals surface area (Å²) in [5.74, 6) is 1.11. The highest BCUT2D eigenvalue weighted by Gasteiger charge is 2.34. The maximum Gasteiger partial charge on any atom is 0.349 e. The Kier molecular flexibility index (Phi) is 6.11. The number of carbonyl (C=O) groups is 1. The maximum absolute atomic E-state index is 13.3. The topological polar surface area (TPSA) is 59.8 Å². The van der Waals surface area contributed by atoms with Gasteiger partial charge in [0.2, 0.25) is 0 Å². The van der Waals surface area contributed by atoms with E-state index in [4.69, 9.17) is 9.15 Å². The molecule has 0 radical (unpaired) electrons. The zero-order valence-corrected chi connectivity index (χ0v) is 20.7. The SMILES string of the molecule is COc1ccc(Br)cc1[C@@H]1SCCN1C(=O)c1cc2cc(Br)cc(Br)c2oc1=O. The molecule has 1 aliphatic rings. The first-order valence-electron chi connectivity index (χ1n) is 8.58. The molecule has 0 aliphatic carbocycles. The normalized spacial score (nSPS) is 16.4. The third-order valence-corrected chi connectivity index (χ3v) is 7.37. The molecular formula is C20H14Br3NO4S. The molecule has 1 aromatic heterocycles. The van der Waals surface area contributed by atoms with Gasteiger partial charge in [-0.2, -0.15) is 0 Å². The van der Waals surface area contributed by atoms with Crippen LogP contribution in [0.25, 0.3) is 11.0 Å². The van der Waals surface area contributed by atoms with Crippen LogP contribution >= 0.6 is 59.6 Å². The summed E-state index contributed by atoms with van der Waals surface area (Å²) in [5.41, 5.74) is 0.662. The zero-order valence-electron chi connectivity index (χ0n) is 15.1. The summed E-state index contributed by atoms with van der Waals surface area (Å²) < 4.78 is 13.3. The average molecular weight is 604 g/mol. The highest BCUT2D eigenvalue weighted by Crippen LogP contribution is 2.43. The van der Waals surface area contributed by atoms with Gasteiger partial charge in [0.1, 0.15) is 16.7 Å². The lowest BCUT2D eigenvalue weighted by Crippen LogP contribution is -2.33. The summed E-state index contributed by atoms with van der Waals surface area (Å²) in [4.78, 5) is 27.6. The van der Waals surface area contributed by atoms with Gasteiger partial charge in [-0.1, -0.05) is 31.9 Å². The Bertz CT molecular complexity index is 1180. The molecule has 1 saturated heterocycles. The smallest absolute Gasteiger partial charge is 0.349 e. The molecule has 4 rings (SSSR count). The third kappa shape index (κ3) is 4.02. The van der Waals surface area contributed by atoms with Gasteiger partial charge in [-0.25, -0.2) is 4.79 Å². The van der Waals surface area contributed by atoms with Gasteiger partial charge in [-0.15, -0.1) is 11.8 Å². The molecule has 1 amide bonds. The van der Waals surface area contributed by atoms with Crippen LogP contribution in [0.15, 0.2) is 59.0 Å². The molecule has 29 heavy (non-hydrogen) atoms. The van der Waals surface area contributed by atoms with Crippen LogP contribution in [0, 0.1) is 0 Å². The van der Waals surface area contributed by atoms with Crippen molar-refractivity contribution in [3.63, 3.8) is 0 Å². The van der Waals surface area contributed by atoms with Crippen LogP contribution in [-0.4, -0.2) is 30.2 Å². The van der Waals surface area contributed by atoms with Crippen molar-refractivity contribution in [3.05, 3.63) is 71.4 Å². The molecule has 0 saturated carbocycles. The average Bonchev–Trinajstić information content (AvgIpc) is 3.17. The predicted octanol–water partition coefficient (Wildman–Crippen LogP) is 5.98. The fourth-order valence-electron chi connectivity index (χ4n) is 3.29. The number of hydrogen-bond acceptors (Lipinski definition) is 5. The first kappa shape index (κ1) is 21.0. The van der Waals surface area contributed by atoms with Crippen molar-refractivity contribution >= 4 is 76.4 Å². The molecule has 1 aliphatic heterocycles.